The fourth-order valence-electron chi connectivity index (χ4n) is 3.03. The average Bonchev–Trinajstić information content (AvgIpc) is 3.17. The molecule has 0 spiro atoms. The van der Waals surface area contributed by atoms with Gasteiger partial charge < -0.3 is 14.8 Å². The van der Waals surface area contributed by atoms with E-state index in [0.29, 0.717) is 47.6 Å². The van der Waals surface area contributed by atoms with E-state index >= 15 is 0 Å². The monoisotopic (exact) mass is 391 g/mol. The first-order chi connectivity index (χ1) is 12.5. The zero-order valence-electron chi connectivity index (χ0n) is 14.5. The number of hydrogen-bond donors (Lipinski definition) is 1. The van der Waals surface area contributed by atoms with Gasteiger partial charge in [0, 0.05) is 19.0 Å². The Kier molecular flexibility index (Phi) is 4.50. The molecule has 0 bridgehead atoms. The summed E-state index contributed by atoms with van der Waals surface area (Å²) in [6.07, 6.45) is 0.660. The normalized spacial score (nSPS) is 13.2. The van der Waals surface area contributed by atoms with Gasteiger partial charge in [-0.1, -0.05) is 11.6 Å². The summed E-state index contributed by atoms with van der Waals surface area (Å²) in [6, 6.07) is 5.68. The number of ether oxygens (including phenoxy) is 2. The molecular formula is C18H18ClN3O3S. The van der Waals surface area contributed by atoms with Crippen molar-refractivity contribution in [2.45, 2.75) is 13.3 Å². The van der Waals surface area contributed by atoms with Crippen LogP contribution in [0.2, 0.25) is 5.02 Å². The first kappa shape index (κ1) is 17.2. The van der Waals surface area contributed by atoms with Crippen LogP contribution in [0.1, 0.15) is 20.9 Å². The molecule has 1 N–H and O–H groups in total. The summed E-state index contributed by atoms with van der Waals surface area (Å²) in [5.41, 5.74) is 1.93. The first-order valence-corrected chi connectivity index (χ1v) is 9.51. The Hall–Kier alpha value is -2.25. The molecule has 8 heteroatoms. The molecule has 0 radical (unpaired) electrons. The maximum absolute atomic E-state index is 12.4. The van der Waals surface area contributed by atoms with Gasteiger partial charge in [0.25, 0.3) is 5.91 Å². The fourth-order valence-corrected chi connectivity index (χ4v) is 4.36. The summed E-state index contributed by atoms with van der Waals surface area (Å²) >= 11 is 7.70. The van der Waals surface area contributed by atoms with Gasteiger partial charge in [0.15, 0.2) is 11.5 Å². The zero-order valence-corrected chi connectivity index (χ0v) is 16.0. The topological polar surface area (TPSA) is 65.4 Å². The van der Waals surface area contributed by atoms with Crippen LogP contribution in [0, 0.1) is 6.92 Å². The number of benzene rings is 1. The van der Waals surface area contributed by atoms with E-state index in [4.69, 9.17) is 21.1 Å². The highest BCUT2D eigenvalue weighted by Crippen LogP contribution is 2.38. The third kappa shape index (κ3) is 3.12. The first-order valence-electron chi connectivity index (χ1n) is 8.32. The molecule has 0 atom stereocenters. The summed E-state index contributed by atoms with van der Waals surface area (Å²) in [4.78, 5) is 14.1. The van der Waals surface area contributed by atoms with Gasteiger partial charge in [0.1, 0.15) is 18.0 Å². The molecule has 0 saturated heterocycles. The van der Waals surface area contributed by atoms with Crippen molar-refractivity contribution in [3.05, 3.63) is 39.4 Å². The largest absolute Gasteiger partial charge is 0.486 e. The van der Waals surface area contributed by atoms with E-state index in [1.165, 1.54) is 11.3 Å². The second-order valence-corrected chi connectivity index (χ2v) is 7.58. The molecule has 0 unspecified atom stereocenters. The van der Waals surface area contributed by atoms with E-state index in [9.17, 15) is 4.79 Å². The van der Waals surface area contributed by atoms with E-state index in [1.54, 1.807) is 0 Å². The Balaban J connectivity index is 1.41. The lowest BCUT2D eigenvalue weighted by atomic mass is 10.1. The second kappa shape index (κ2) is 6.81. The van der Waals surface area contributed by atoms with Crippen LogP contribution >= 0.6 is 22.9 Å². The van der Waals surface area contributed by atoms with E-state index < -0.39 is 0 Å². The van der Waals surface area contributed by atoms with Crippen LogP contribution < -0.4 is 14.8 Å². The summed E-state index contributed by atoms with van der Waals surface area (Å²) in [6.45, 7) is 3.48. The van der Waals surface area contributed by atoms with Crippen LogP contribution in [0.15, 0.2) is 18.2 Å². The van der Waals surface area contributed by atoms with Crippen LogP contribution in [0.4, 0.5) is 0 Å². The van der Waals surface area contributed by atoms with Crippen molar-refractivity contribution in [2.75, 3.05) is 19.8 Å². The molecule has 0 fully saturated rings. The van der Waals surface area contributed by atoms with Crippen LogP contribution in [0.5, 0.6) is 11.5 Å². The molecule has 1 aliphatic heterocycles. The Morgan fingerprint density at radius 2 is 2.15 bits per heavy atom. The number of carbonyl (C=O) groups is 1. The van der Waals surface area contributed by atoms with Gasteiger partial charge in [-0.15, -0.1) is 11.3 Å². The van der Waals surface area contributed by atoms with Crippen molar-refractivity contribution < 1.29 is 14.3 Å². The Bertz CT molecular complexity index is 961. The van der Waals surface area contributed by atoms with Gasteiger partial charge in [-0.05, 0) is 37.1 Å². The highest BCUT2D eigenvalue weighted by atomic mass is 35.5. The summed E-state index contributed by atoms with van der Waals surface area (Å²) in [5, 5.41) is 8.89. The van der Waals surface area contributed by atoms with E-state index in [-0.39, 0.29) is 5.91 Å². The number of halogens is 1. The van der Waals surface area contributed by atoms with Crippen molar-refractivity contribution in [1.29, 1.82) is 0 Å². The number of nitrogens with one attached hydrogen (secondary N) is 1. The van der Waals surface area contributed by atoms with Crippen molar-refractivity contribution >= 4 is 39.1 Å². The van der Waals surface area contributed by atoms with Crippen molar-refractivity contribution in [2.24, 2.45) is 7.05 Å². The number of fused-ring (bicyclic) bond motifs is 2. The molecule has 6 nitrogen and oxygen atoms in total. The number of hydrogen-bond acceptors (Lipinski definition) is 5. The van der Waals surface area contributed by atoms with E-state index in [0.717, 1.165) is 21.5 Å². The number of aromatic nitrogens is 2. The number of amides is 1. The van der Waals surface area contributed by atoms with Crippen LogP contribution in [-0.2, 0) is 13.5 Å². The predicted octanol–water partition coefficient (Wildman–Crippen LogP) is 3.34. The standard InChI is InChI=1S/C18H18ClN3O3S/c1-10-12-9-15(26-18(12)22(2)21-10)17(23)20-4-3-11-7-13(19)16-14(8-11)24-5-6-25-16/h7-9H,3-6H2,1-2H3,(H,20,23). The van der Waals surface area contributed by atoms with Crippen LogP contribution in [-0.4, -0.2) is 35.4 Å². The third-order valence-electron chi connectivity index (χ3n) is 4.28. The van der Waals surface area contributed by atoms with Gasteiger partial charge in [-0.25, -0.2) is 0 Å². The lowest BCUT2D eigenvalue weighted by Gasteiger charge is -2.20. The molecule has 3 aromatic rings. The van der Waals surface area contributed by atoms with Crippen molar-refractivity contribution in [3.8, 4) is 11.5 Å². The molecule has 0 aliphatic carbocycles. The predicted molar refractivity (Wildman–Crippen MR) is 102 cm³/mol. The minimum atomic E-state index is -0.0748. The maximum atomic E-state index is 12.4. The fraction of sp³-hybridized carbons (Fsp3) is 0.333. The van der Waals surface area contributed by atoms with Gasteiger partial charge in [0.05, 0.1) is 15.6 Å². The number of rotatable bonds is 4. The van der Waals surface area contributed by atoms with Gasteiger partial charge in [-0.2, -0.15) is 5.10 Å². The lowest BCUT2D eigenvalue weighted by molar-refractivity contribution is 0.0958. The summed E-state index contributed by atoms with van der Waals surface area (Å²) in [7, 11) is 1.89. The second-order valence-electron chi connectivity index (χ2n) is 6.15. The molecule has 1 aliphatic rings. The molecule has 4 rings (SSSR count). The molecule has 0 saturated carbocycles. The highest BCUT2D eigenvalue weighted by Gasteiger charge is 2.17. The minimum Gasteiger partial charge on any atom is -0.486 e. The minimum absolute atomic E-state index is 0.0748. The van der Waals surface area contributed by atoms with Crippen molar-refractivity contribution in [1.82, 2.24) is 15.1 Å². The lowest BCUT2D eigenvalue weighted by Crippen LogP contribution is -2.25. The zero-order chi connectivity index (χ0) is 18.3. The molecule has 3 heterocycles. The van der Waals surface area contributed by atoms with E-state index in [2.05, 4.69) is 10.4 Å². The number of thiophene rings is 1. The SMILES string of the molecule is Cc1nn(C)c2sc(C(=O)NCCc3cc(Cl)c4c(c3)OCCO4)cc12. The number of nitrogens with zero attached hydrogens (tertiary/aromatic N) is 2. The van der Waals surface area contributed by atoms with Crippen molar-refractivity contribution in [3.63, 3.8) is 0 Å². The van der Waals surface area contributed by atoms with E-state index in [1.807, 2.05) is 36.9 Å². The quantitative estimate of drug-likeness (QED) is 0.740. The molecule has 2 aromatic heterocycles. The summed E-state index contributed by atoms with van der Waals surface area (Å²) in [5.74, 6) is 1.19. The maximum Gasteiger partial charge on any atom is 0.261 e. The highest BCUT2D eigenvalue weighted by molar-refractivity contribution is 7.20. The third-order valence-corrected chi connectivity index (χ3v) is 5.76. The Morgan fingerprint density at radius 3 is 2.96 bits per heavy atom. The van der Waals surface area contributed by atoms with Crippen LogP contribution in [0.25, 0.3) is 10.2 Å². The summed E-state index contributed by atoms with van der Waals surface area (Å²) < 4.78 is 12.9. The van der Waals surface area contributed by atoms with Gasteiger partial charge in [0.2, 0.25) is 0 Å². The molecule has 1 amide bonds. The molecule has 1 aromatic carbocycles. The molecular weight excluding hydrogens is 374 g/mol. The smallest absolute Gasteiger partial charge is 0.261 e. The Labute approximate surface area is 159 Å². The number of carbonyl (C=O) groups excluding carboxylic acids is 1. The van der Waals surface area contributed by atoms with Gasteiger partial charge >= 0.3 is 0 Å². The van der Waals surface area contributed by atoms with Gasteiger partial charge in [-0.3, -0.25) is 9.48 Å². The molecule has 136 valence electrons. The van der Waals surface area contributed by atoms with Crippen LogP contribution in [0.3, 0.4) is 0 Å². The Morgan fingerprint density at radius 1 is 1.35 bits per heavy atom. The average molecular weight is 392 g/mol. The molecule has 26 heavy (non-hydrogen) atoms. The number of aryl methyl sites for hydroxylation is 2.